The molecule has 1 heterocycles. The number of rotatable bonds is 10. The number of alkyl halides is 3. The van der Waals surface area contributed by atoms with Crippen LogP contribution in [-0.4, -0.2) is 56.2 Å². The van der Waals surface area contributed by atoms with Crippen molar-refractivity contribution in [2.24, 2.45) is 0 Å². The molecule has 0 saturated heterocycles. The van der Waals surface area contributed by atoms with Crippen LogP contribution in [0.3, 0.4) is 0 Å². The summed E-state index contributed by atoms with van der Waals surface area (Å²) in [5.41, 5.74) is -1.11. The van der Waals surface area contributed by atoms with Crippen LogP contribution in [0.4, 0.5) is 24.0 Å². The minimum atomic E-state index is -4.62. The van der Waals surface area contributed by atoms with E-state index in [1.165, 1.54) is 13.2 Å². The highest BCUT2D eigenvalue weighted by Gasteiger charge is 2.31. The second-order valence-electron chi connectivity index (χ2n) is 6.27. The smallest absolute Gasteiger partial charge is 0.416 e. The van der Waals surface area contributed by atoms with Crippen molar-refractivity contribution in [2.75, 3.05) is 35.3 Å². The zero-order valence-electron chi connectivity index (χ0n) is 16.9. The predicted molar refractivity (Wildman–Crippen MR) is 114 cm³/mol. The van der Waals surface area contributed by atoms with Gasteiger partial charge in [0.15, 0.2) is 4.34 Å². The number of ether oxygens (including phenoxy) is 1. The molecule has 0 aliphatic heterocycles. The monoisotopic (exact) mass is 512 g/mol. The lowest BCUT2D eigenvalue weighted by molar-refractivity contribution is -0.138. The highest BCUT2D eigenvalue weighted by atomic mass is 32.2. The first-order chi connectivity index (χ1) is 14.9. The molecule has 0 saturated carbocycles. The number of sulfonamides is 1. The SMILES string of the molecule is COC(=O)CSc1nnc(NC(=O)CCCN(c2cccc(C(F)(F)F)c2)S(C)(=O)=O)s1. The third kappa shape index (κ3) is 7.94. The van der Waals surface area contributed by atoms with Gasteiger partial charge in [0.2, 0.25) is 21.1 Å². The van der Waals surface area contributed by atoms with Crippen molar-refractivity contribution in [2.45, 2.75) is 23.4 Å². The molecule has 2 rings (SSSR count). The topological polar surface area (TPSA) is 119 Å². The van der Waals surface area contributed by atoms with Gasteiger partial charge in [0.05, 0.1) is 30.4 Å². The van der Waals surface area contributed by atoms with Gasteiger partial charge in [-0.25, -0.2) is 8.42 Å². The van der Waals surface area contributed by atoms with Crippen molar-refractivity contribution in [3.63, 3.8) is 0 Å². The summed E-state index contributed by atoms with van der Waals surface area (Å²) >= 11 is 2.14. The molecule has 0 atom stereocenters. The van der Waals surface area contributed by atoms with Gasteiger partial charge in [-0.3, -0.25) is 13.9 Å². The summed E-state index contributed by atoms with van der Waals surface area (Å²) in [6.07, 6.45) is -3.79. The second kappa shape index (κ2) is 11.0. The van der Waals surface area contributed by atoms with Crippen molar-refractivity contribution in [3.8, 4) is 0 Å². The van der Waals surface area contributed by atoms with Crippen LogP contribution in [0, 0.1) is 0 Å². The summed E-state index contributed by atoms with van der Waals surface area (Å²) in [5, 5.41) is 10.3. The molecule has 0 aliphatic carbocycles. The molecular formula is C17H19F3N4O5S3. The van der Waals surface area contributed by atoms with Gasteiger partial charge in [0.25, 0.3) is 0 Å². The van der Waals surface area contributed by atoms with E-state index < -0.39 is 33.6 Å². The van der Waals surface area contributed by atoms with Crippen LogP contribution in [0.25, 0.3) is 0 Å². The van der Waals surface area contributed by atoms with E-state index in [1.807, 2.05) is 0 Å². The lowest BCUT2D eigenvalue weighted by Crippen LogP contribution is -2.31. The third-order valence-electron chi connectivity index (χ3n) is 3.82. The summed E-state index contributed by atoms with van der Waals surface area (Å²) in [7, 11) is -2.62. The van der Waals surface area contributed by atoms with Gasteiger partial charge in [0.1, 0.15) is 0 Å². The standard InChI is InChI=1S/C17H19F3N4O5S3/c1-29-14(26)10-30-16-23-22-15(31-16)21-13(25)7-4-8-24(32(2,27)28)12-6-3-5-11(9-12)17(18,19)20/h3,5-6,9H,4,7-8,10H2,1-2H3,(H,21,22,25). The molecule has 0 spiro atoms. The molecule has 9 nitrogen and oxygen atoms in total. The van der Waals surface area contributed by atoms with E-state index in [9.17, 15) is 31.2 Å². The Labute approximate surface area is 190 Å². The molecule has 0 radical (unpaired) electrons. The summed E-state index contributed by atoms with van der Waals surface area (Å²) < 4.78 is 68.8. The molecule has 15 heteroatoms. The van der Waals surface area contributed by atoms with Crippen molar-refractivity contribution < 1.29 is 35.9 Å². The second-order valence-corrected chi connectivity index (χ2v) is 10.4. The average molecular weight is 513 g/mol. The van der Waals surface area contributed by atoms with Crippen molar-refractivity contribution in [3.05, 3.63) is 29.8 Å². The summed E-state index contributed by atoms with van der Waals surface area (Å²) in [5.74, 6) is -0.870. The Hall–Kier alpha value is -2.39. The molecular weight excluding hydrogens is 493 g/mol. The molecule has 1 amide bonds. The van der Waals surface area contributed by atoms with Crippen LogP contribution >= 0.6 is 23.1 Å². The fraction of sp³-hybridized carbons (Fsp3) is 0.412. The number of hydrogen-bond donors (Lipinski definition) is 1. The Morgan fingerprint density at radius 3 is 2.62 bits per heavy atom. The van der Waals surface area contributed by atoms with Gasteiger partial charge < -0.3 is 10.1 Å². The molecule has 0 bridgehead atoms. The fourth-order valence-corrected chi connectivity index (χ4v) is 4.94. The number of carbonyl (C=O) groups excluding carboxylic acids is 2. The maximum Gasteiger partial charge on any atom is 0.416 e. The molecule has 1 aromatic carbocycles. The molecule has 1 aromatic heterocycles. The van der Waals surface area contributed by atoms with E-state index in [-0.39, 0.29) is 36.0 Å². The maximum absolute atomic E-state index is 12.9. The van der Waals surface area contributed by atoms with E-state index in [0.717, 1.165) is 51.9 Å². The largest absolute Gasteiger partial charge is 0.468 e. The van der Waals surface area contributed by atoms with E-state index in [2.05, 4.69) is 20.3 Å². The van der Waals surface area contributed by atoms with Gasteiger partial charge in [-0.05, 0) is 24.6 Å². The number of anilines is 2. The maximum atomic E-state index is 12.9. The zero-order chi connectivity index (χ0) is 23.9. The van der Waals surface area contributed by atoms with E-state index in [0.29, 0.717) is 4.34 Å². The first-order valence-electron chi connectivity index (χ1n) is 8.88. The minimum Gasteiger partial charge on any atom is -0.468 e. The Kier molecular flexibility index (Phi) is 8.86. The van der Waals surface area contributed by atoms with Crippen molar-refractivity contribution >= 4 is 55.8 Å². The Balaban J connectivity index is 1.94. The molecule has 0 fully saturated rings. The number of benzene rings is 1. The van der Waals surface area contributed by atoms with E-state index >= 15 is 0 Å². The Morgan fingerprint density at radius 1 is 1.28 bits per heavy atom. The first-order valence-corrected chi connectivity index (χ1v) is 12.5. The summed E-state index contributed by atoms with van der Waals surface area (Å²) in [4.78, 5) is 23.2. The molecule has 1 N–H and O–H groups in total. The average Bonchev–Trinajstić information content (AvgIpc) is 3.15. The fourth-order valence-electron chi connectivity index (χ4n) is 2.39. The Morgan fingerprint density at radius 2 is 2.00 bits per heavy atom. The van der Waals surface area contributed by atoms with Gasteiger partial charge >= 0.3 is 12.1 Å². The number of methoxy groups -OCH3 is 1. The molecule has 176 valence electrons. The lowest BCUT2D eigenvalue weighted by atomic mass is 10.2. The summed E-state index contributed by atoms with van der Waals surface area (Å²) in [6, 6.07) is 3.96. The van der Waals surface area contributed by atoms with Crippen LogP contribution in [0.15, 0.2) is 28.6 Å². The van der Waals surface area contributed by atoms with Crippen LogP contribution in [0.1, 0.15) is 18.4 Å². The highest BCUT2D eigenvalue weighted by Crippen LogP contribution is 2.32. The first kappa shape index (κ1) is 25.9. The number of halogens is 3. The molecule has 2 aromatic rings. The van der Waals surface area contributed by atoms with Gasteiger partial charge in [-0.2, -0.15) is 13.2 Å². The van der Waals surface area contributed by atoms with Crippen molar-refractivity contribution in [1.82, 2.24) is 10.2 Å². The van der Waals surface area contributed by atoms with Gasteiger partial charge in [0, 0.05) is 13.0 Å². The quantitative estimate of drug-likeness (QED) is 0.293. The number of thioether (sulfide) groups is 1. The number of hydrogen-bond acceptors (Lipinski definition) is 9. The number of aromatic nitrogens is 2. The van der Waals surface area contributed by atoms with E-state index in [1.54, 1.807) is 0 Å². The molecule has 32 heavy (non-hydrogen) atoms. The van der Waals surface area contributed by atoms with Gasteiger partial charge in [-0.1, -0.05) is 29.2 Å². The number of carbonyl (C=O) groups is 2. The van der Waals surface area contributed by atoms with Gasteiger partial charge in [-0.15, -0.1) is 10.2 Å². The summed E-state index contributed by atoms with van der Waals surface area (Å²) in [6.45, 7) is -0.191. The number of amides is 1. The third-order valence-corrected chi connectivity index (χ3v) is 6.96. The predicted octanol–water partition coefficient (Wildman–Crippen LogP) is 3.01. The number of esters is 1. The zero-order valence-corrected chi connectivity index (χ0v) is 19.3. The van der Waals surface area contributed by atoms with E-state index in [4.69, 9.17) is 0 Å². The Bertz CT molecular complexity index is 1060. The molecule has 0 unspecified atom stereocenters. The highest BCUT2D eigenvalue weighted by molar-refractivity contribution is 8.01. The van der Waals surface area contributed by atoms with Crippen LogP contribution in [-0.2, 0) is 30.5 Å². The molecule has 0 aliphatic rings. The lowest BCUT2D eigenvalue weighted by Gasteiger charge is -2.23. The van der Waals surface area contributed by atoms with Crippen molar-refractivity contribution in [1.29, 1.82) is 0 Å². The number of nitrogens with one attached hydrogen (secondary N) is 1. The van der Waals surface area contributed by atoms with Crippen LogP contribution in [0.2, 0.25) is 0 Å². The van der Waals surface area contributed by atoms with Crippen LogP contribution in [0.5, 0.6) is 0 Å². The van der Waals surface area contributed by atoms with Crippen LogP contribution < -0.4 is 9.62 Å². The normalized spacial score (nSPS) is 11.8. The number of nitrogens with zero attached hydrogens (tertiary/aromatic N) is 3. The minimum absolute atomic E-state index is 0.0376.